The third-order valence-electron chi connectivity index (χ3n) is 2.29. The molecule has 1 aromatic rings. The van der Waals surface area contributed by atoms with Crippen molar-refractivity contribution < 1.29 is 18.3 Å². The highest BCUT2D eigenvalue weighted by Crippen LogP contribution is 2.09. The first-order valence-corrected chi connectivity index (χ1v) is 6.69. The van der Waals surface area contributed by atoms with Crippen molar-refractivity contribution in [1.82, 2.24) is 0 Å². The van der Waals surface area contributed by atoms with E-state index in [2.05, 4.69) is 0 Å². The number of hydrogen-bond acceptors (Lipinski definition) is 3. The quantitative estimate of drug-likeness (QED) is 0.837. The largest absolute Gasteiger partial charge is 0.480 e. The zero-order valence-electron chi connectivity index (χ0n) is 9.01. The Morgan fingerprint density at radius 3 is 2.50 bits per heavy atom. The number of carboxylic acid groups (broad SMARTS) is 1. The molecule has 88 valence electrons. The predicted molar refractivity (Wildman–Crippen MR) is 61.2 cm³/mol. The summed E-state index contributed by atoms with van der Waals surface area (Å²) in [5.41, 5.74) is 1.96. The summed E-state index contributed by atoms with van der Waals surface area (Å²) in [7, 11) is -3.50. The highest BCUT2D eigenvalue weighted by molar-refractivity contribution is 7.92. The molecular weight excluding hydrogens is 228 g/mol. The Morgan fingerprint density at radius 1 is 1.31 bits per heavy atom. The number of aryl methyl sites for hydroxylation is 2. The number of sulfone groups is 1. The molecule has 0 saturated carbocycles. The van der Waals surface area contributed by atoms with Crippen LogP contribution in [0.15, 0.2) is 24.3 Å². The van der Waals surface area contributed by atoms with Crippen LogP contribution < -0.4 is 0 Å². The van der Waals surface area contributed by atoms with Gasteiger partial charge in [0.1, 0.15) is 5.75 Å². The van der Waals surface area contributed by atoms with Gasteiger partial charge < -0.3 is 5.11 Å². The van der Waals surface area contributed by atoms with Crippen molar-refractivity contribution in [3.8, 4) is 0 Å². The predicted octanol–water partition coefficient (Wildman–Crippen LogP) is 1.04. The van der Waals surface area contributed by atoms with E-state index in [1.807, 2.05) is 31.2 Å². The fourth-order valence-electron chi connectivity index (χ4n) is 1.42. The average molecular weight is 242 g/mol. The first-order chi connectivity index (χ1) is 7.41. The molecule has 0 spiro atoms. The number of carboxylic acids is 1. The number of hydrogen-bond donors (Lipinski definition) is 1. The van der Waals surface area contributed by atoms with Crippen LogP contribution in [0.1, 0.15) is 11.1 Å². The first kappa shape index (κ1) is 12.7. The summed E-state index contributed by atoms with van der Waals surface area (Å²) in [4.78, 5) is 10.3. The molecule has 0 fully saturated rings. The van der Waals surface area contributed by atoms with Gasteiger partial charge in [-0.15, -0.1) is 0 Å². The minimum Gasteiger partial charge on any atom is -0.480 e. The Kier molecular flexibility index (Phi) is 4.06. The van der Waals surface area contributed by atoms with Crippen molar-refractivity contribution in [1.29, 1.82) is 0 Å². The summed E-state index contributed by atoms with van der Waals surface area (Å²) in [6.07, 6.45) is 0.363. The summed E-state index contributed by atoms with van der Waals surface area (Å²) >= 11 is 0. The van der Waals surface area contributed by atoms with Gasteiger partial charge in [0.15, 0.2) is 9.84 Å². The van der Waals surface area contributed by atoms with Crippen molar-refractivity contribution in [3.05, 3.63) is 35.4 Å². The fourth-order valence-corrected chi connectivity index (χ4v) is 2.47. The van der Waals surface area contributed by atoms with E-state index in [1.54, 1.807) is 0 Å². The average Bonchev–Trinajstić information content (AvgIpc) is 2.14. The molecule has 4 nitrogen and oxygen atoms in total. The Hall–Kier alpha value is -1.36. The zero-order valence-corrected chi connectivity index (χ0v) is 9.83. The number of benzene rings is 1. The monoisotopic (exact) mass is 242 g/mol. The molecule has 0 bridgehead atoms. The molecule has 0 unspecified atom stereocenters. The van der Waals surface area contributed by atoms with E-state index in [0.29, 0.717) is 6.42 Å². The van der Waals surface area contributed by atoms with Crippen molar-refractivity contribution >= 4 is 15.8 Å². The third kappa shape index (κ3) is 4.02. The van der Waals surface area contributed by atoms with Crippen LogP contribution in [-0.2, 0) is 21.1 Å². The molecule has 0 saturated heterocycles. The Balaban J connectivity index is 2.65. The van der Waals surface area contributed by atoms with Crippen LogP contribution in [0.2, 0.25) is 0 Å². The van der Waals surface area contributed by atoms with E-state index in [1.165, 1.54) is 0 Å². The molecule has 5 heteroatoms. The van der Waals surface area contributed by atoms with Gasteiger partial charge >= 0.3 is 5.97 Å². The van der Waals surface area contributed by atoms with Gasteiger partial charge in [0.05, 0.1) is 5.75 Å². The molecule has 0 aliphatic heterocycles. The van der Waals surface area contributed by atoms with E-state index < -0.39 is 21.6 Å². The van der Waals surface area contributed by atoms with Crippen LogP contribution in [0.3, 0.4) is 0 Å². The Bertz CT molecular complexity index is 477. The molecular formula is C11H14O4S. The summed E-state index contributed by atoms with van der Waals surface area (Å²) in [5.74, 6) is -2.21. The SMILES string of the molecule is Cc1ccccc1CCS(=O)(=O)CC(=O)O. The maximum Gasteiger partial charge on any atom is 0.318 e. The number of carbonyl (C=O) groups is 1. The lowest BCUT2D eigenvalue weighted by atomic mass is 10.1. The summed E-state index contributed by atoms with van der Waals surface area (Å²) in [6, 6.07) is 7.47. The minimum atomic E-state index is -3.50. The van der Waals surface area contributed by atoms with E-state index in [-0.39, 0.29) is 5.75 Å². The fraction of sp³-hybridized carbons (Fsp3) is 0.364. The second-order valence-corrected chi connectivity index (χ2v) is 5.85. The van der Waals surface area contributed by atoms with E-state index in [4.69, 9.17) is 5.11 Å². The second kappa shape index (κ2) is 5.12. The zero-order chi connectivity index (χ0) is 12.2. The van der Waals surface area contributed by atoms with Gasteiger partial charge in [-0.1, -0.05) is 24.3 Å². The van der Waals surface area contributed by atoms with Crippen molar-refractivity contribution in [2.24, 2.45) is 0 Å². The van der Waals surface area contributed by atoms with Crippen LogP contribution >= 0.6 is 0 Å². The molecule has 0 aliphatic carbocycles. The van der Waals surface area contributed by atoms with Gasteiger partial charge in [-0.25, -0.2) is 8.42 Å². The van der Waals surface area contributed by atoms with Gasteiger partial charge in [-0.3, -0.25) is 4.79 Å². The van der Waals surface area contributed by atoms with Crippen molar-refractivity contribution in [2.45, 2.75) is 13.3 Å². The minimum absolute atomic E-state index is 0.121. The maximum absolute atomic E-state index is 11.3. The number of rotatable bonds is 5. The van der Waals surface area contributed by atoms with Crippen LogP contribution in [0.25, 0.3) is 0 Å². The molecule has 0 heterocycles. The molecule has 0 atom stereocenters. The lowest BCUT2D eigenvalue weighted by Gasteiger charge is -2.05. The topological polar surface area (TPSA) is 71.4 Å². The third-order valence-corrected chi connectivity index (χ3v) is 3.80. The van der Waals surface area contributed by atoms with Gasteiger partial charge in [0.25, 0.3) is 0 Å². The normalized spacial score (nSPS) is 11.3. The summed E-state index contributed by atoms with van der Waals surface area (Å²) in [6.45, 7) is 1.90. The lowest BCUT2D eigenvalue weighted by molar-refractivity contribution is -0.134. The highest BCUT2D eigenvalue weighted by Gasteiger charge is 2.15. The van der Waals surface area contributed by atoms with Gasteiger partial charge in [0.2, 0.25) is 0 Å². The summed E-state index contributed by atoms with van der Waals surface area (Å²) in [5, 5.41) is 8.42. The highest BCUT2D eigenvalue weighted by atomic mass is 32.2. The summed E-state index contributed by atoms with van der Waals surface area (Å²) < 4.78 is 22.7. The van der Waals surface area contributed by atoms with E-state index in [0.717, 1.165) is 11.1 Å². The molecule has 0 aliphatic rings. The molecule has 1 aromatic carbocycles. The van der Waals surface area contributed by atoms with Crippen molar-refractivity contribution in [3.63, 3.8) is 0 Å². The molecule has 0 aromatic heterocycles. The maximum atomic E-state index is 11.3. The molecule has 0 radical (unpaired) electrons. The van der Waals surface area contributed by atoms with Crippen LogP contribution in [-0.4, -0.2) is 31.0 Å². The number of aliphatic carboxylic acids is 1. The van der Waals surface area contributed by atoms with E-state index >= 15 is 0 Å². The van der Waals surface area contributed by atoms with E-state index in [9.17, 15) is 13.2 Å². The molecule has 0 amide bonds. The van der Waals surface area contributed by atoms with Crippen molar-refractivity contribution in [2.75, 3.05) is 11.5 Å². The Morgan fingerprint density at radius 2 is 1.94 bits per heavy atom. The molecule has 1 N–H and O–H groups in total. The van der Waals surface area contributed by atoms with Crippen LogP contribution in [0, 0.1) is 6.92 Å². The van der Waals surface area contributed by atoms with Gasteiger partial charge in [-0.2, -0.15) is 0 Å². The smallest absolute Gasteiger partial charge is 0.318 e. The Labute approximate surface area is 94.8 Å². The van der Waals surface area contributed by atoms with Gasteiger partial charge in [-0.05, 0) is 24.5 Å². The van der Waals surface area contributed by atoms with Crippen LogP contribution in [0.5, 0.6) is 0 Å². The van der Waals surface area contributed by atoms with Gasteiger partial charge in [0, 0.05) is 0 Å². The standard InChI is InChI=1S/C11H14O4S/c1-9-4-2-3-5-10(9)6-7-16(14,15)8-11(12)13/h2-5H,6-8H2,1H3,(H,12,13). The molecule has 1 rings (SSSR count). The first-order valence-electron chi connectivity index (χ1n) is 4.87. The lowest BCUT2D eigenvalue weighted by Crippen LogP contribution is -2.19. The van der Waals surface area contributed by atoms with Crippen LogP contribution in [0.4, 0.5) is 0 Å². The second-order valence-electron chi connectivity index (χ2n) is 3.66. The molecule has 16 heavy (non-hydrogen) atoms.